The van der Waals surface area contributed by atoms with Gasteiger partial charge in [-0.2, -0.15) is 0 Å². The number of amides is 3. The topological polar surface area (TPSA) is 79.6 Å². The number of nitrogens with one attached hydrogen (secondary N) is 1. The third-order valence-corrected chi connectivity index (χ3v) is 6.64. The Morgan fingerprint density at radius 2 is 1.53 bits per heavy atom. The molecular formula is C28H20N2O4. The number of carbonyl (C=O) groups excluding carboxylic acids is 2. The van der Waals surface area contributed by atoms with E-state index in [4.69, 9.17) is 4.42 Å². The highest BCUT2D eigenvalue weighted by Gasteiger charge is 2.49. The van der Waals surface area contributed by atoms with Crippen LogP contribution in [0.25, 0.3) is 32.5 Å². The predicted octanol–water partition coefficient (Wildman–Crippen LogP) is 5.07. The highest BCUT2D eigenvalue weighted by molar-refractivity contribution is 6.09. The van der Waals surface area contributed by atoms with E-state index in [9.17, 15) is 14.4 Å². The first-order valence-corrected chi connectivity index (χ1v) is 11.0. The van der Waals surface area contributed by atoms with Gasteiger partial charge >= 0.3 is 11.7 Å². The number of hydrogen-bond donors (Lipinski definition) is 1. The summed E-state index contributed by atoms with van der Waals surface area (Å²) in [6, 6.07) is 25.8. The zero-order valence-electron chi connectivity index (χ0n) is 18.4. The van der Waals surface area contributed by atoms with Crippen LogP contribution in [0.3, 0.4) is 0 Å². The van der Waals surface area contributed by atoms with Crippen molar-refractivity contribution < 1.29 is 14.0 Å². The number of nitrogens with zero attached hydrogens (tertiary/aromatic N) is 1. The van der Waals surface area contributed by atoms with Gasteiger partial charge in [-0.15, -0.1) is 0 Å². The van der Waals surface area contributed by atoms with Crippen molar-refractivity contribution >= 4 is 44.5 Å². The van der Waals surface area contributed by atoms with Crippen LogP contribution in [0.2, 0.25) is 0 Å². The van der Waals surface area contributed by atoms with Crippen LogP contribution in [0.1, 0.15) is 18.1 Å². The van der Waals surface area contributed by atoms with E-state index in [1.807, 2.05) is 72.8 Å². The molecular weight excluding hydrogens is 428 g/mol. The molecule has 0 unspecified atom stereocenters. The van der Waals surface area contributed by atoms with Crippen LogP contribution in [0, 0.1) is 0 Å². The molecule has 1 aliphatic rings. The van der Waals surface area contributed by atoms with E-state index >= 15 is 0 Å². The van der Waals surface area contributed by atoms with Crippen molar-refractivity contribution in [3.8, 4) is 0 Å². The van der Waals surface area contributed by atoms with Gasteiger partial charge in [0.15, 0.2) is 0 Å². The van der Waals surface area contributed by atoms with Gasteiger partial charge in [-0.1, -0.05) is 66.7 Å². The van der Waals surface area contributed by atoms with Crippen LogP contribution >= 0.6 is 0 Å². The molecule has 166 valence electrons. The maximum atomic E-state index is 13.6. The van der Waals surface area contributed by atoms with E-state index in [1.54, 1.807) is 13.0 Å². The van der Waals surface area contributed by atoms with Crippen LogP contribution in [-0.4, -0.2) is 16.8 Å². The molecule has 1 saturated heterocycles. The average molecular weight is 448 g/mol. The van der Waals surface area contributed by atoms with Crippen molar-refractivity contribution in [3.63, 3.8) is 0 Å². The number of imide groups is 1. The summed E-state index contributed by atoms with van der Waals surface area (Å²) in [5.41, 5.74) is -0.0461. The van der Waals surface area contributed by atoms with Crippen molar-refractivity contribution in [1.29, 1.82) is 0 Å². The first-order valence-electron chi connectivity index (χ1n) is 11.0. The molecule has 6 heteroatoms. The third-order valence-electron chi connectivity index (χ3n) is 6.64. The first kappa shape index (κ1) is 20.2. The maximum absolute atomic E-state index is 13.6. The molecule has 6 nitrogen and oxygen atoms in total. The molecule has 1 aliphatic heterocycles. The van der Waals surface area contributed by atoms with Gasteiger partial charge < -0.3 is 9.73 Å². The Morgan fingerprint density at radius 3 is 2.35 bits per heavy atom. The molecule has 4 aromatic carbocycles. The second-order valence-corrected chi connectivity index (χ2v) is 8.76. The molecule has 0 aliphatic carbocycles. The Balaban J connectivity index is 1.44. The summed E-state index contributed by atoms with van der Waals surface area (Å²) in [4.78, 5) is 40.1. The zero-order valence-corrected chi connectivity index (χ0v) is 18.4. The molecule has 5 aromatic rings. The number of rotatable bonds is 3. The van der Waals surface area contributed by atoms with E-state index in [0.29, 0.717) is 16.7 Å². The SMILES string of the molecule is C[C@]1(c2ccc3ccccc3c2)NC(=O)N(Cc2cc(=O)oc3ccc4ccccc4c23)C1=O. The van der Waals surface area contributed by atoms with Gasteiger partial charge in [-0.05, 0) is 51.7 Å². The summed E-state index contributed by atoms with van der Waals surface area (Å²) >= 11 is 0. The van der Waals surface area contributed by atoms with Gasteiger partial charge in [0.2, 0.25) is 0 Å². The van der Waals surface area contributed by atoms with Crippen LogP contribution in [0.4, 0.5) is 4.79 Å². The van der Waals surface area contributed by atoms with Gasteiger partial charge in [-0.3, -0.25) is 9.69 Å². The Morgan fingerprint density at radius 1 is 0.824 bits per heavy atom. The van der Waals surface area contributed by atoms with Crippen LogP contribution in [0.5, 0.6) is 0 Å². The predicted molar refractivity (Wildman–Crippen MR) is 130 cm³/mol. The van der Waals surface area contributed by atoms with Crippen LogP contribution < -0.4 is 10.9 Å². The quantitative estimate of drug-likeness (QED) is 0.238. The van der Waals surface area contributed by atoms with Crippen molar-refractivity contribution in [3.05, 3.63) is 106 Å². The fraction of sp³-hybridized carbons (Fsp3) is 0.107. The molecule has 1 aromatic heterocycles. The van der Waals surface area contributed by atoms with Gasteiger partial charge in [0, 0.05) is 11.5 Å². The highest BCUT2D eigenvalue weighted by Crippen LogP contribution is 2.33. The van der Waals surface area contributed by atoms with Crippen molar-refractivity contribution in [2.75, 3.05) is 0 Å². The summed E-state index contributed by atoms with van der Waals surface area (Å²) in [7, 11) is 0. The Bertz CT molecular complexity index is 1700. The van der Waals surface area contributed by atoms with Crippen molar-refractivity contribution in [2.24, 2.45) is 0 Å². The average Bonchev–Trinajstić information content (AvgIpc) is 3.07. The molecule has 0 spiro atoms. The van der Waals surface area contributed by atoms with E-state index in [2.05, 4.69) is 5.32 Å². The largest absolute Gasteiger partial charge is 0.423 e. The molecule has 1 atom stereocenters. The molecule has 3 amide bonds. The van der Waals surface area contributed by atoms with Gasteiger partial charge in [0.1, 0.15) is 11.1 Å². The number of hydrogen-bond acceptors (Lipinski definition) is 4. The lowest BCUT2D eigenvalue weighted by Gasteiger charge is -2.23. The number of fused-ring (bicyclic) bond motifs is 4. The molecule has 0 radical (unpaired) electrons. The smallest absolute Gasteiger partial charge is 0.336 e. The summed E-state index contributed by atoms with van der Waals surface area (Å²) < 4.78 is 5.42. The lowest BCUT2D eigenvalue weighted by molar-refractivity contribution is -0.131. The Kier molecular flexibility index (Phi) is 4.32. The van der Waals surface area contributed by atoms with Crippen LogP contribution in [-0.2, 0) is 16.9 Å². The highest BCUT2D eigenvalue weighted by atomic mass is 16.4. The molecule has 6 rings (SSSR count). The van der Waals surface area contributed by atoms with Crippen LogP contribution in [0.15, 0.2) is 94.1 Å². The molecule has 1 fully saturated rings. The summed E-state index contributed by atoms with van der Waals surface area (Å²) in [5, 5.41) is 7.49. The molecule has 0 saturated carbocycles. The first-order chi connectivity index (χ1) is 16.4. The third kappa shape index (κ3) is 2.99. The standard InChI is InChI=1S/C28H20N2O4/c1-28(21-12-10-17-6-2-3-8-19(17)14-21)26(32)30(27(33)29-28)16-20-15-24(31)34-23-13-11-18-7-4-5-9-22(18)25(20)23/h2-15H,16H2,1H3,(H,29,33)/t28-/m1/s1. The lowest BCUT2D eigenvalue weighted by Crippen LogP contribution is -2.40. The minimum Gasteiger partial charge on any atom is -0.423 e. The fourth-order valence-corrected chi connectivity index (χ4v) is 4.85. The van der Waals surface area contributed by atoms with E-state index in [-0.39, 0.29) is 12.5 Å². The summed E-state index contributed by atoms with van der Waals surface area (Å²) in [5.74, 6) is -0.366. The normalized spacial score (nSPS) is 18.2. The molecule has 1 N–H and O–H groups in total. The Labute approximate surface area is 194 Å². The zero-order chi connectivity index (χ0) is 23.4. The maximum Gasteiger partial charge on any atom is 0.336 e. The minimum atomic E-state index is -1.21. The minimum absolute atomic E-state index is 0.0378. The van der Waals surface area contributed by atoms with Gasteiger partial charge in [0.25, 0.3) is 5.91 Å². The fourth-order valence-electron chi connectivity index (χ4n) is 4.85. The Hall–Kier alpha value is -4.45. The summed E-state index contributed by atoms with van der Waals surface area (Å²) in [6.45, 7) is 1.67. The second-order valence-electron chi connectivity index (χ2n) is 8.76. The lowest BCUT2D eigenvalue weighted by atomic mass is 9.90. The summed E-state index contributed by atoms with van der Waals surface area (Å²) in [6.07, 6.45) is 0. The molecule has 34 heavy (non-hydrogen) atoms. The van der Waals surface area contributed by atoms with Crippen molar-refractivity contribution in [1.82, 2.24) is 10.2 Å². The second kappa shape index (κ2) is 7.28. The van der Waals surface area contributed by atoms with Crippen molar-refractivity contribution in [2.45, 2.75) is 19.0 Å². The number of benzene rings is 4. The van der Waals surface area contributed by atoms with E-state index in [1.165, 1.54) is 11.0 Å². The van der Waals surface area contributed by atoms with Gasteiger partial charge in [0.05, 0.1) is 6.54 Å². The number of carbonyl (C=O) groups is 2. The number of urea groups is 1. The molecule has 2 heterocycles. The van der Waals surface area contributed by atoms with Gasteiger partial charge in [-0.25, -0.2) is 9.59 Å². The van der Waals surface area contributed by atoms with E-state index in [0.717, 1.165) is 26.9 Å². The van der Waals surface area contributed by atoms with E-state index < -0.39 is 17.2 Å². The molecule has 0 bridgehead atoms. The monoisotopic (exact) mass is 448 g/mol.